The molecule has 1 fully saturated rings. The number of ether oxygens (including phenoxy) is 3. The van der Waals surface area contributed by atoms with Crippen LogP contribution < -0.4 is 10.2 Å². The van der Waals surface area contributed by atoms with Gasteiger partial charge in [0.2, 0.25) is 17.5 Å². The van der Waals surface area contributed by atoms with Crippen molar-refractivity contribution in [1.82, 2.24) is 0 Å². The monoisotopic (exact) mass is 462 g/mol. The van der Waals surface area contributed by atoms with E-state index in [0.717, 1.165) is 24.3 Å². The van der Waals surface area contributed by atoms with Crippen LogP contribution in [-0.4, -0.2) is 62.4 Å². The van der Waals surface area contributed by atoms with Crippen molar-refractivity contribution in [3.8, 4) is 45.8 Å². The van der Waals surface area contributed by atoms with Gasteiger partial charge in [-0.1, -0.05) is 0 Å². The summed E-state index contributed by atoms with van der Waals surface area (Å²) in [6.45, 7) is 1.61. The minimum atomic E-state index is -1.16. The van der Waals surface area contributed by atoms with Gasteiger partial charge in [-0.05, 0) is 19.1 Å². The Balaban J connectivity index is 1.94. The summed E-state index contributed by atoms with van der Waals surface area (Å²) in [4.78, 5) is 13.4. The van der Waals surface area contributed by atoms with Gasteiger partial charge < -0.3 is 49.3 Å². The molecule has 4 rings (SSSR count). The molecule has 11 nitrogen and oxygen atoms in total. The average molecular weight is 462 g/mol. The van der Waals surface area contributed by atoms with Crippen molar-refractivity contribution in [2.45, 2.75) is 37.9 Å². The molecule has 0 radical (unpaired) electrons. The van der Waals surface area contributed by atoms with Crippen molar-refractivity contribution in [3.05, 3.63) is 34.5 Å². The normalized spacial score (nSPS) is 23.0. The summed E-state index contributed by atoms with van der Waals surface area (Å²) in [7, 11) is 1.38. The number of fused-ring (bicyclic) bond motifs is 1. The van der Waals surface area contributed by atoms with E-state index in [9.17, 15) is 35.4 Å². The molecular formula is C22H22O11. The minimum Gasteiger partial charge on any atom is -0.508 e. The molecule has 1 aromatic heterocycles. The van der Waals surface area contributed by atoms with Crippen LogP contribution in [0.5, 0.6) is 34.5 Å². The lowest BCUT2D eigenvalue weighted by Crippen LogP contribution is -2.49. The van der Waals surface area contributed by atoms with E-state index in [1.54, 1.807) is 6.92 Å². The maximum absolute atomic E-state index is 13.4. The summed E-state index contributed by atoms with van der Waals surface area (Å²) < 4.78 is 22.6. The van der Waals surface area contributed by atoms with Crippen LogP contribution in [0, 0.1) is 0 Å². The van der Waals surface area contributed by atoms with Crippen molar-refractivity contribution in [1.29, 1.82) is 0 Å². The fourth-order valence-electron chi connectivity index (χ4n) is 3.66. The molecule has 0 aliphatic carbocycles. The molecule has 4 atom stereocenters. The van der Waals surface area contributed by atoms with Crippen molar-refractivity contribution in [3.63, 3.8) is 0 Å². The fraction of sp³-hybridized carbons (Fsp3) is 0.318. The number of aromatic hydroxyl groups is 5. The Morgan fingerprint density at radius 2 is 1.67 bits per heavy atom. The molecule has 0 amide bonds. The third-order valence-electron chi connectivity index (χ3n) is 5.45. The molecule has 0 spiro atoms. The molecule has 33 heavy (non-hydrogen) atoms. The van der Waals surface area contributed by atoms with Crippen LogP contribution in [0.3, 0.4) is 0 Å². The SMILES string of the molecule is CO[C@@H]1CC(O)[C@H](C)OC1Oc1c(-c2cc(O)c(O)c(O)c2)oc2cc(O)cc(O)c2c1=O. The van der Waals surface area contributed by atoms with Gasteiger partial charge in [-0.2, -0.15) is 0 Å². The maximum atomic E-state index is 13.4. The maximum Gasteiger partial charge on any atom is 0.239 e. The van der Waals surface area contributed by atoms with Gasteiger partial charge in [-0.3, -0.25) is 4.79 Å². The van der Waals surface area contributed by atoms with Crippen LogP contribution in [0.25, 0.3) is 22.3 Å². The molecule has 176 valence electrons. The largest absolute Gasteiger partial charge is 0.508 e. The minimum absolute atomic E-state index is 0.0579. The second kappa shape index (κ2) is 8.35. The molecule has 11 heteroatoms. The van der Waals surface area contributed by atoms with E-state index in [1.165, 1.54) is 7.11 Å². The first-order chi connectivity index (χ1) is 15.6. The fourth-order valence-corrected chi connectivity index (χ4v) is 3.66. The van der Waals surface area contributed by atoms with E-state index in [4.69, 9.17) is 18.6 Å². The second-order valence-corrected chi connectivity index (χ2v) is 7.70. The van der Waals surface area contributed by atoms with E-state index in [0.29, 0.717) is 0 Å². The molecule has 2 aromatic carbocycles. The van der Waals surface area contributed by atoms with Crippen LogP contribution in [0.1, 0.15) is 13.3 Å². The zero-order valence-corrected chi connectivity index (χ0v) is 17.6. The number of hydrogen-bond acceptors (Lipinski definition) is 11. The van der Waals surface area contributed by atoms with Crippen molar-refractivity contribution < 1.29 is 49.3 Å². The lowest BCUT2D eigenvalue weighted by atomic mass is 10.0. The summed E-state index contributed by atoms with van der Waals surface area (Å²) in [5, 5.41) is 59.4. The van der Waals surface area contributed by atoms with E-state index in [-0.39, 0.29) is 34.5 Å². The summed E-state index contributed by atoms with van der Waals surface area (Å²) in [6.07, 6.45) is -3.26. The number of phenols is 5. The molecule has 1 aliphatic rings. The Labute approximate surface area is 186 Å². The highest BCUT2D eigenvalue weighted by molar-refractivity contribution is 5.88. The van der Waals surface area contributed by atoms with Crippen LogP contribution in [0.2, 0.25) is 0 Å². The predicted octanol–water partition coefficient (Wildman–Crippen LogP) is 1.88. The first-order valence-electron chi connectivity index (χ1n) is 9.91. The third kappa shape index (κ3) is 3.97. The molecule has 0 bridgehead atoms. The first kappa shape index (κ1) is 22.5. The van der Waals surface area contributed by atoms with Crippen LogP contribution in [0.4, 0.5) is 0 Å². The Morgan fingerprint density at radius 3 is 2.30 bits per heavy atom. The first-order valence-corrected chi connectivity index (χ1v) is 9.91. The number of rotatable bonds is 4. The average Bonchev–Trinajstić information content (AvgIpc) is 2.75. The molecular weight excluding hydrogens is 440 g/mol. The number of hydrogen-bond donors (Lipinski definition) is 6. The second-order valence-electron chi connectivity index (χ2n) is 7.70. The Bertz CT molecular complexity index is 1240. The van der Waals surface area contributed by atoms with Gasteiger partial charge in [0.1, 0.15) is 28.6 Å². The van der Waals surface area contributed by atoms with E-state index in [1.807, 2.05) is 0 Å². The van der Waals surface area contributed by atoms with Crippen LogP contribution in [-0.2, 0) is 9.47 Å². The predicted molar refractivity (Wildman–Crippen MR) is 113 cm³/mol. The van der Waals surface area contributed by atoms with Gasteiger partial charge in [0.15, 0.2) is 23.0 Å². The Hall–Kier alpha value is -3.67. The van der Waals surface area contributed by atoms with Gasteiger partial charge in [-0.25, -0.2) is 0 Å². The zero-order chi connectivity index (χ0) is 24.0. The van der Waals surface area contributed by atoms with E-state index in [2.05, 4.69) is 0 Å². The van der Waals surface area contributed by atoms with Crippen LogP contribution >= 0.6 is 0 Å². The number of phenolic OH excluding ortho intramolecular Hbond substituents is 5. The molecule has 3 aromatic rings. The lowest BCUT2D eigenvalue weighted by molar-refractivity contribution is -0.235. The summed E-state index contributed by atoms with van der Waals surface area (Å²) in [6, 6.07) is 4.10. The Morgan fingerprint density at radius 1 is 1.00 bits per heavy atom. The standard InChI is InChI=1S/C22H22O11/c1-8-11(24)7-16(30-2)22(31-8)33-21-19(29)17-12(25)5-10(23)6-15(17)32-20(21)9-3-13(26)18(28)14(27)4-9/h3-6,8,11,16,22-28H,7H2,1-2H3/t8-,11?,16+,22?/m0/s1. The number of aliphatic hydroxyl groups excluding tert-OH is 1. The molecule has 0 saturated carbocycles. The summed E-state index contributed by atoms with van der Waals surface area (Å²) in [5.41, 5.74) is -1.10. The molecule has 2 unspecified atom stereocenters. The molecule has 2 heterocycles. The molecule has 1 aliphatic heterocycles. The van der Waals surface area contributed by atoms with Crippen molar-refractivity contribution >= 4 is 11.0 Å². The van der Waals surface area contributed by atoms with E-state index < -0.39 is 58.8 Å². The van der Waals surface area contributed by atoms with Crippen molar-refractivity contribution in [2.24, 2.45) is 0 Å². The Kier molecular flexibility index (Phi) is 5.70. The van der Waals surface area contributed by atoms with Crippen LogP contribution in [0.15, 0.2) is 33.5 Å². The number of aliphatic hydroxyl groups is 1. The highest BCUT2D eigenvalue weighted by atomic mass is 16.7. The van der Waals surface area contributed by atoms with E-state index >= 15 is 0 Å². The van der Waals surface area contributed by atoms with Crippen molar-refractivity contribution in [2.75, 3.05) is 7.11 Å². The van der Waals surface area contributed by atoms with Gasteiger partial charge >= 0.3 is 0 Å². The summed E-state index contributed by atoms with van der Waals surface area (Å²) in [5.74, 6) is -3.86. The molecule has 6 N–H and O–H groups in total. The topological polar surface area (TPSA) is 179 Å². The zero-order valence-electron chi connectivity index (χ0n) is 17.6. The van der Waals surface area contributed by atoms with Gasteiger partial charge in [0, 0.05) is 31.2 Å². The lowest BCUT2D eigenvalue weighted by Gasteiger charge is -2.37. The number of benzene rings is 2. The smallest absolute Gasteiger partial charge is 0.239 e. The van der Waals surface area contributed by atoms with Gasteiger partial charge in [0.05, 0.1) is 12.2 Å². The third-order valence-corrected chi connectivity index (χ3v) is 5.45. The quantitative estimate of drug-likeness (QED) is 0.312. The number of methoxy groups -OCH3 is 1. The van der Waals surface area contributed by atoms with Gasteiger partial charge in [-0.15, -0.1) is 0 Å². The summed E-state index contributed by atoms with van der Waals surface area (Å²) >= 11 is 0. The van der Waals surface area contributed by atoms with Gasteiger partial charge in [0.25, 0.3) is 0 Å². The highest BCUT2D eigenvalue weighted by Gasteiger charge is 2.38. The molecule has 1 saturated heterocycles. The highest BCUT2D eigenvalue weighted by Crippen LogP contribution is 2.43.